The van der Waals surface area contributed by atoms with Gasteiger partial charge in [-0.15, -0.1) is 0 Å². The van der Waals surface area contributed by atoms with E-state index >= 15 is 0 Å². The average Bonchev–Trinajstić information content (AvgIpc) is 3.25. The van der Waals surface area contributed by atoms with Crippen LogP contribution in [-0.2, 0) is 49.0 Å². The molecule has 0 radical (unpaired) electrons. The van der Waals surface area contributed by atoms with Crippen LogP contribution in [0.4, 0.5) is 26.3 Å². The number of alkyl halides is 6. The van der Waals surface area contributed by atoms with Crippen LogP contribution in [0.2, 0.25) is 0 Å². The van der Waals surface area contributed by atoms with E-state index in [1.54, 1.807) is 38.1 Å². The van der Waals surface area contributed by atoms with E-state index in [-0.39, 0.29) is 48.9 Å². The minimum atomic E-state index is -5.56. The number of halogens is 6. The molecular formula is C44H30F6N2O12S4. The number of nitrogens with zero attached hydrogens (tertiary/aromatic N) is 2. The fraction of sp³-hybridized carbons (Fsp3) is 0.0909. The highest BCUT2D eigenvalue weighted by Gasteiger charge is 2.42. The van der Waals surface area contributed by atoms with Gasteiger partial charge in [0.15, 0.2) is 11.4 Å². The second-order valence-corrected chi connectivity index (χ2v) is 20.7. The molecule has 7 aromatic carbocycles. The van der Waals surface area contributed by atoms with Crippen molar-refractivity contribution >= 4 is 73.4 Å². The Kier molecular flexibility index (Phi) is 13.1. The number of hydrogen-bond acceptors (Lipinski definition) is 14. The third-order valence-corrected chi connectivity index (χ3v) is 14.3. The van der Waals surface area contributed by atoms with Crippen LogP contribution in [0.25, 0.3) is 21.5 Å². The highest BCUT2D eigenvalue weighted by atomic mass is 32.2. The maximum Gasteiger partial charge on any atom is 0.437 e. The van der Waals surface area contributed by atoms with Gasteiger partial charge in [-0.1, -0.05) is 88.2 Å². The van der Waals surface area contributed by atoms with E-state index < -0.39 is 85.2 Å². The van der Waals surface area contributed by atoms with Crippen molar-refractivity contribution < 1.29 is 76.9 Å². The highest BCUT2D eigenvalue weighted by molar-refractivity contribution is 7.87. The Morgan fingerprint density at radius 2 is 0.721 bits per heavy atom. The smallest absolute Gasteiger partial charge is 0.379 e. The van der Waals surface area contributed by atoms with Crippen molar-refractivity contribution in [3.63, 3.8) is 0 Å². The number of aryl methyl sites for hydroxylation is 2. The van der Waals surface area contributed by atoms with Crippen LogP contribution < -0.4 is 8.37 Å². The first-order chi connectivity index (χ1) is 31.7. The monoisotopic (exact) mass is 1020 g/mol. The van der Waals surface area contributed by atoms with E-state index in [4.69, 9.17) is 8.37 Å². The van der Waals surface area contributed by atoms with Crippen LogP contribution in [0, 0.1) is 13.8 Å². The molecule has 0 aliphatic heterocycles. The molecule has 354 valence electrons. The summed E-state index contributed by atoms with van der Waals surface area (Å²) in [5.41, 5.74) is -4.97. The molecule has 0 spiro atoms. The molecule has 0 aliphatic carbocycles. The van der Waals surface area contributed by atoms with E-state index in [1.807, 2.05) is 0 Å². The van der Waals surface area contributed by atoms with Crippen LogP contribution in [-0.4, -0.2) is 57.4 Å². The van der Waals surface area contributed by atoms with Crippen molar-refractivity contribution in [1.29, 1.82) is 0 Å². The molecule has 0 saturated heterocycles. The molecule has 14 nitrogen and oxygen atoms in total. The van der Waals surface area contributed by atoms with Crippen LogP contribution in [0.15, 0.2) is 175 Å². The molecule has 0 amide bonds. The lowest BCUT2D eigenvalue weighted by atomic mass is 10.0. The third-order valence-electron chi connectivity index (χ3n) is 9.57. The van der Waals surface area contributed by atoms with Crippen LogP contribution in [0.5, 0.6) is 11.5 Å². The van der Waals surface area contributed by atoms with Gasteiger partial charge in [0.05, 0.1) is 0 Å². The van der Waals surface area contributed by atoms with Crippen molar-refractivity contribution in [2.45, 2.75) is 45.8 Å². The summed E-state index contributed by atoms with van der Waals surface area (Å²) in [7, 11) is -18.9. The molecule has 68 heavy (non-hydrogen) atoms. The van der Waals surface area contributed by atoms with Gasteiger partial charge in [0.25, 0.3) is 0 Å². The zero-order valence-electron chi connectivity index (χ0n) is 34.6. The number of fused-ring (bicyclic) bond motifs is 2. The molecule has 0 aromatic heterocycles. The Labute approximate surface area is 384 Å². The normalized spacial score (nSPS) is 13.4. The van der Waals surface area contributed by atoms with Crippen LogP contribution >= 0.6 is 0 Å². The first kappa shape index (κ1) is 48.9. The molecular weight excluding hydrogens is 991 g/mol. The first-order valence-electron chi connectivity index (χ1n) is 19.1. The van der Waals surface area contributed by atoms with Gasteiger partial charge < -0.3 is 8.37 Å². The lowest BCUT2D eigenvalue weighted by Gasteiger charge is -2.14. The topological polar surface area (TPSA) is 198 Å². The van der Waals surface area contributed by atoms with E-state index in [9.17, 15) is 60.0 Å². The predicted molar refractivity (Wildman–Crippen MR) is 234 cm³/mol. The summed E-state index contributed by atoms with van der Waals surface area (Å²) in [6.45, 7) is 3.51. The van der Waals surface area contributed by atoms with Crippen molar-refractivity contribution in [3.8, 4) is 11.5 Å². The van der Waals surface area contributed by atoms with Gasteiger partial charge in [-0.05, 0) is 114 Å². The average molecular weight is 1020 g/mol. The summed E-state index contributed by atoms with van der Waals surface area (Å²) in [4.78, 5) is -1.71. The third kappa shape index (κ3) is 11.2. The quantitative estimate of drug-likeness (QED) is 0.0433. The Balaban J connectivity index is 1.10. The van der Waals surface area contributed by atoms with Gasteiger partial charge in [-0.3, -0.25) is 8.57 Å². The molecule has 7 aromatic rings. The lowest BCUT2D eigenvalue weighted by molar-refractivity contribution is -0.0603. The summed E-state index contributed by atoms with van der Waals surface area (Å²) in [5, 5.41) is 6.29. The maximum atomic E-state index is 14.4. The zero-order chi connectivity index (χ0) is 49.5. The van der Waals surface area contributed by atoms with Gasteiger partial charge in [0.2, 0.25) is 0 Å². The van der Waals surface area contributed by atoms with Crippen molar-refractivity contribution in [1.82, 2.24) is 0 Å². The van der Waals surface area contributed by atoms with Gasteiger partial charge in [-0.25, -0.2) is 0 Å². The fourth-order valence-corrected chi connectivity index (χ4v) is 9.56. The summed E-state index contributed by atoms with van der Waals surface area (Å²) < 4.78 is 209. The van der Waals surface area contributed by atoms with Crippen molar-refractivity contribution in [3.05, 3.63) is 168 Å². The minimum absolute atomic E-state index is 0.137. The van der Waals surface area contributed by atoms with Gasteiger partial charge in [0, 0.05) is 11.1 Å². The molecule has 0 bridgehead atoms. The number of hydrogen-bond donors (Lipinski definition) is 0. The Bertz CT molecular complexity index is 3390. The maximum absolute atomic E-state index is 14.4. The van der Waals surface area contributed by atoms with E-state index in [1.165, 1.54) is 72.8 Å². The Morgan fingerprint density at radius 1 is 0.397 bits per heavy atom. The largest absolute Gasteiger partial charge is 0.437 e. The highest BCUT2D eigenvalue weighted by Crippen LogP contribution is 2.32. The Morgan fingerprint density at radius 3 is 1.07 bits per heavy atom. The molecule has 24 heteroatoms. The molecule has 0 unspecified atom stereocenters. The van der Waals surface area contributed by atoms with Crippen molar-refractivity contribution in [2.75, 3.05) is 0 Å². The van der Waals surface area contributed by atoms with E-state index in [2.05, 4.69) is 18.9 Å². The minimum Gasteiger partial charge on any atom is -0.379 e. The molecule has 7 rings (SSSR count). The standard InChI is InChI=1S/C44H30F6N2O12S4/c1-27-6-16-37(17-7-27)65(53,54)61-35-14-10-31-25-39(20-12-29(31)23-35)67(57,58)63-51-41(43(45,46)47)33-4-3-5-34(22-33)42(44(48,49)50)52-64-68(59,60)40-21-13-30-24-36(15-11-32(30)26-40)62-66(55,56)38-18-8-28(2)9-19-38/h3-26H,1-2H3. The second kappa shape index (κ2) is 18.2. The van der Waals surface area contributed by atoms with Gasteiger partial charge >= 0.3 is 52.8 Å². The van der Waals surface area contributed by atoms with Gasteiger partial charge in [0.1, 0.15) is 31.1 Å². The predicted octanol–water partition coefficient (Wildman–Crippen LogP) is 9.49. The molecule has 0 atom stereocenters. The summed E-state index contributed by atoms with van der Waals surface area (Å²) in [5.74, 6) is -0.301. The molecule has 0 N–H and O–H groups in total. The lowest BCUT2D eigenvalue weighted by Crippen LogP contribution is -2.27. The second-order valence-electron chi connectivity index (χ2n) is 14.6. The van der Waals surface area contributed by atoms with Crippen LogP contribution in [0.1, 0.15) is 22.3 Å². The van der Waals surface area contributed by atoms with Crippen molar-refractivity contribution in [2.24, 2.45) is 10.3 Å². The number of rotatable bonds is 14. The van der Waals surface area contributed by atoms with Gasteiger partial charge in [-0.2, -0.15) is 60.0 Å². The molecule has 0 saturated carbocycles. The van der Waals surface area contributed by atoms with Crippen LogP contribution in [0.3, 0.4) is 0 Å². The summed E-state index contributed by atoms with van der Waals surface area (Å²) in [6, 6.07) is 27.3. The summed E-state index contributed by atoms with van der Waals surface area (Å²) >= 11 is 0. The number of benzene rings is 7. The van der Waals surface area contributed by atoms with E-state index in [0.717, 1.165) is 35.4 Å². The SMILES string of the molecule is Cc1ccc(S(=O)(=O)Oc2ccc3cc(S(=O)(=O)ON=C(c4cccc(C(=NOS(=O)(=O)c5ccc6cc(OS(=O)(=O)c7ccc(C)cc7)ccc6c5)C(F)(F)F)c4)C(F)(F)F)ccc3c2)cc1. The first-order valence-corrected chi connectivity index (χ1v) is 24.7. The number of oxime groups is 2. The fourth-order valence-electron chi connectivity index (χ4n) is 6.19. The zero-order valence-corrected chi connectivity index (χ0v) is 37.8. The Hall–Kier alpha value is -7.02. The molecule has 0 aliphatic rings. The van der Waals surface area contributed by atoms with E-state index in [0.29, 0.717) is 18.2 Å². The molecule has 0 heterocycles. The summed E-state index contributed by atoms with van der Waals surface area (Å²) in [6.07, 6.45) is -11.1. The molecule has 0 fully saturated rings.